The maximum absolute atomic E-state index is 9.34. The Morgan fingerprint density at radius 2 is 2.35 bits per heavy atom. The number of hydrogen-bond acceptors (Lipinski definition) is 5. The van der Waals surface area contributed by atoms with Crippen LogP contribution in [0.25, 0.3) is 5.78 Å². The maximum atomic E-state index is 9.34. The highest BCUT2D eigenvalue weighted by molar-refractivity contribution is 5.29. The molecule has 0 radical (unpaired) electrons. The number of aliphatic hydroxyl groups excluding tert-OH is 1. The lowest BCUT2D eigenvalue weighted by molar-refractivity contribution is -0.150. The summed E-state index contributed by atoms with van der Waals surface area (Å²) < 4.78 is 7.74. The second kappa shape index (κ2) is 5.12. The van der Waals surface area contributed by atoms with E-state index in [2.05, 4.69) is 14.9 Å². The van der Waals surface area contributed by atoms with Crippen molar-refractivity contribution in [2.75, 3.05) is 19.7 Å². The number of ether oxygens (including phenoxy) is 1. The Morgan fingerprint density at radius 1 is 1.50 bits per heavy atom. The van der Waals surface area contributed by atoms with Crippen LogP contribution in [0.3, 0.4) is 0 Å². The predicted octanol–water partition coefficient (Wildman–Crippen LogP) is 0.701. The summed E-state index contributed by atoms with van der Waals surface area (Å²) in [4.78, 5) is 11.0. The number of aliphatic hydroxyl groups is 1. The van der Waals surface area contributed by atoms with Crippen LogP contribution in [0.5, 0.6) is 0 Å². The molecule has 3 rings (SSSR count). The minimum atomic E-state index is -0.247. The minimum Gasteiger partial charge on any atom is -0.394 e. The van der Waals surface area contributed by atoms with Crippen LogP contribution >= 0.6 is 0 Å². The Labute approximate surface area is 118 Å². The lowest BCUT2D eigenvalue weighted by Crippen LogP contribution is -2.53. The Bertz CT molecular complexity index is 563. The van der Waals surface area contributed by atoms with E-state index in [1.165, 1.54) is 0 Å². The highest BCUT2D eigenvalue weighted by atomic mass is 16.5. The summed E-state index contributed by atoms with van der Waals surface area (Å²) in [5.74, 6) is 0.716. The Balaban J connectivity index is 1.76. The first-order valence-corrected chi connectivity index (χ1v) is 6.85. The summed E-state index contributed by atoms with van der Waals surface area (Å²) in [5.41, 5.74) is 0.737. The third-order valence-electron chi connectivity index (χ3n) is 3.43. The van der Waals surface area contributed by atoms with Gasteiger partial charge in [0.05, 0.1) is 24.0 Å². The van der Waals surface area contributed by atoms with Gasteiger partial charge in [-0.05, 0) is 19.9 Å². The van der Waals surface area contributed by atoms with Gasteiger partial charge < -0.3 is 9.84 Å². The first-order valence-electron chi connectivity index (χ1n) is 6.85. The van der Waals surface area contributed by atoms with E-state index in [-0.39, 0.29) is 18.3 Å². The summed E-state index contributed by atoms with van der Waals surface area (Å²) in [6.07, 6.45) is 5.55. The van der Waals surface area contributed by atoms with Crippen molar-refractivity contribution in [3.05, 3.63) is 30.4 Å². The fraction of sp³-hybridized carbons (Fsp3) is 0.571. The number of rotatable bonds is 3. The number of fused-ring (bicyclic) bond motifs is 1. The average Bonchev–Trinajstić information content (AvgIpc) is 2.78. The Kier molecular flexibility index (Phi) is 3.45. The average molecular weight is 276 g/mol. The van der Waals surface area contributed by atoms with Crippen LogP contribution in [-0.2, 0) is 11.3 Å². The summed E-state index contributed by atoms with van der Waals surface area (Å²) in [5, 5.41) is 9.34. The van der Waals surface area contributed by atoms with Crippen molar-refractivity contribution >= 4 is 5.78 Å². The molecule has 1 atom stereocenters. The fourth-order valence-corrected chi connectivity index (χ4v) is 2.82. The molecule has 0 saturated carbocycles. The van der Waals surface area contributed by atoms with E-state index in [4.69, 9.17) is 4.74 Å². The Hall–Kier alpha value is -1.50. The van der Waals surface area contributed by atoms with Gasteiger partial charge in [-0.2, -0.15) is 0 Å². The van der Waals surface area contributed by atoms with Gasteiger partial charge in [-0.3, -0.25) is 9.30 Å². The van der Waals surface area contributed by atoms with Gasteiger partial charge in [0.25, 0.3) is 0 Å². The summed E-state index contributed by atoms with van der Waals surface area (Å²) in [6, 6.07) is 1.89. The molecule has 1 unspecified atom stereocenters. The molecule has 2 aromatic rings. The molecule has 2 aromatic heterocycles. The van der Waals surface area contributed by atoms with Crippen molar-refractivity contribution in [1.29, 1.82) is 0 Å². The van der Waals surface area contributed by atoms with Crippen LogP contribution in [0.1, 0.15) is 19.5 Å². The molecular weight excluding hydrogens is 256 g/mol. The first kappa shape index (κ1) is 13.5. The molecule has 1 aliphatic rings. The molecule has 108 valence electrons. The molecule has 0 bridgehead atoms. The molecule has 1 saturated heterocycles. The molecule has 0 amide bonds. The third kappa shape index (κ3) is 2.82. The molecule has 0 aliphatic carbocycles. The standard InChI is InChI=1S/C14H20N4O2/c1-14(2)10-17(8-12(9-19)20-14)6-11-7-18-5-3-4-15-13(18)16-11/h3-5,7,12,19H,6,8-10H2,1-2H3. The van der Waals surface area contributed by atoms with Crippen LogP contribution in [0, 0.1) is 0 Å². The topological polar surface area (TPSA) is 62.9 Å². The Morgan fingerprint density at radius 3 is 3.10 bits per heavy atom. The van der Waals surface area contributed by atoms with Crippen molar-refractivity contribution in [1.82, 2.24) is 19.3 Å². The van der Waals surface area contributed by atoms with Crippen molar-refractivity contribution in [2.24, 2.45) is 0 Å². The molecule has 0 spiro atoms. The van der Waals surface area contributed by atoms with Crippen molar-refractivity contribution < 1.29 is 9.84 Å². The van der Waals surface area contributed by atoms with Crippen molar-refractivity contribution in [2.45, 2.75) is 32.1 Å². The van der Waals surface area contributed by atoms with E-state index in [9.17, 15) is 5.11 Å². The van der Waals surface area contributed by atoms with Crippen LogP contribution in [0.15, 0.2) is 24.7 Å². The van der Waals surface area contributed by atoms with Gasteiger partial charge in [-0.15, -0.1) is 0 Å². The molecule has 3 heterocycles. The van der Waals surface area contributed by atoms with Gasteiger partial charge in [0.15, 0.2) is 0 Å². The van der Waals surface area contributed by atoms with E-state index in [1.54, 1.807) is 6.20 Å². The molecule has 1 N–H and O–H groups in total. The molecule has 6 heteroatoms. The van der Waals surface area contributed by atoms with Gasteiger partial charge in [0.2, 0.25) is 5.78 Å². The molecule has 0 aromatic carbocycles. The minimum absolute atomic E-state index is 0.0483. The second-order valence-electron chi connectivity index (χ2n) is 5.91. The van der Waals surface area contributed by atoms with Crippen LogP contribution < -0.4 is 0 Å². The molecule has 6 nitrogen and oxygen atoms in total. The number of nitrogens with zero attached hydrogens (tertiary/aromatic N) is 4. The quantitative estimate of drug-likeness (QED) is 0.894. The van der Waals surface area contributed by atoms with Gasteiger partial charge in [-0.1, -0.05) is 0 Å². The first-order chi connectivity index (χ1) is 9.55. The summed E-state index contributed by atoms with van der Waals surface area (Å²) in [6.45, 7) is 6.44. The molecule has 1 fully saturated rings. The zero-order chi connectivity index (χ0) is 14.2. The van der Waals surface area contributed by atoms with Gasteiger partial charge >= 0.3 is 0 Å². The lowest BCUT2D eigenvalue weighted by atomic mass is 10.1. The smallest absolute Gasteiger partial charge is 0.233 e. The monoisotopic (exact) mass is 276 g/mol. The molecular formula is C14H20N4O2. The number of morpholine rings is 1. The highest BCUT2D eigenvalue weighted by Gasteiger charge is 2.33. The zero-order valence-electron chi connectivity index (χ0n) is 11.9. The number of hydrogen-bond donors (Lipinski definition) is 1. The third-order valence-corrected chi connectivity index (χ3v) is 3.43. The van der Waals surface area contributed by atoms with E-state index in [0.29, 0.717) is 5.78 Å². The van der Waals surface area contributed by atoms with Crippen molar-refractivity contribution in [3.8, 4) is 0 Å². The van der Waals surface area contributed by atoms with Gasteiger partial charge in [0, 0.05) is 38.2 Å². The number of imidazole rings is 1. The summed E-state index contributed by atoms with van der Waals surface area (Å²) >= 11 is 0. The van der Waals surface area contributed by atoms with Crippen LogP contribution in [0.2, 0.25) is 0 Å². The summed E-state index contributed by atoms with van der Waals surface area (Å²) in [7, 11) is 0. The largest absolute Gasteiger partial charge is 0.394 e. The normalized spacial score (nSPS) is 23.2. The zero-order valence-corrected chi connectivity index (χ0v) is 11.9. The highest BCUT2D eigenvalue weighted by Crippen LogP contribution is 2.22. The van der Waals surface area contributed by atoms with E-state index < -0.39 is 0 Å². The van der Waals surface area contributed by atoms with Crippen LogP contribution in [-0.4, -0.2) is 55.8 Å². The SMILES string of the molecule is CC1(C)CN(Cc2cn3cccnc3n2)CC(CO)O1. The number of aromatic nitrogens is 3. The lowest BCUT2D eigenvalue weighted by Gasteiger charge is -2.42. The predicted molar refractivity (Wildman–Crippen MR) is 74.3 cm³/mol. The van der Waals surface area contributed by atoms with E-state index in [1.807, 2.05) is 36.7 Å². The van der Waals surface area contributed by atoms with Gasteiger partial charge in [0.1, 0.15) is 0 Å². The second-order valence-corrected chi connectivity index (χ2v) is 5.91. The van der Waals surface area contributed by atoms with Gasteiger partial charge in [-0.25, -0.2) is 9.97 Å². The molecule has 20 heavy (non-hydrogen) atoms. The maximum Gasteiger partial charge on any atom is 0.233 e. The fourth-order valence-electron chi connectivity index (χ4n) is 2.82. The van der Waals surface area contributed by atoms with E-state index >= 15 is 0 Å². The van der Waals surface area contributed by atoms with E-state index in [0.717, 1.165) is 25.3 Å². The molecule has 1 aliphatic heterocycles. The van der Waals surface area contributed by atoms with Crippen LogP contribution in [0.4, 0.5) is 0 Å². The van der Waals surface area contributed by atoms with Crippen molar-refractivity contribution in [3.63, 3.8) is 0 Å².